The van der Waals surface area contributed by atoms with Crippen LogP contribution in [0.3, 0.4) is 0 Å². The quantitative estimate of drug-likeness (QED) is 0.788. The number of halogens is 1. The highest BCUT2D eigenvalue weighted by Gasteiger charge is 2.08. The molecule has 0 saturated carbocycles. The summed E-state index contributed by atoms with van der Waals surface area (Å²) in [5.41, 5.74) is 1.84. The first-order chi connectivity index (χ1) is 10.7. The van der Waals surface area contributed by atoms with Gasteiger partial charge in [-0.05, 0) is 30.3 Å². The van der Waals surface area contributed by atoms with Gasteiger partial charge >= 0.3 is 0 Å². The Morgan fingerprint density at radius 1 is 1.05 bits per heavy atom. The summed E-state index contributed by atoms with van der Waals surface area (Å²) in [6.45, 7) is 0. The second kappa shape index (κ2) is 6.41. The van der Waals surface area contributed by atoms with Crippen LogP contribution in [0.2, 0.25) is 5.02 Å². The standard InChI is InChI=1S/C16H14ClN5/c1-22(14-8-3-2-4-9-14)16-20-15(11-18-21-16)19-13-7-5-6-12(17)10-13/h2-11H,1H3,(H,19,20,21). The second-order valence-corrected chi connectivity index (χ2v) is 5.11. The molecule has 0 aliphatic carbocycles. The Bertz CT molecular complexity index is 763. The first-order valence-electron chi connectivity index (χ1n) is 6.73. The number of rotatable bonds is 4. The Hall–Kier alpha value is -2.66. The van der Waals surface area contributed by atoms with Crippen molar-refractivity contribution in [3.8, 4) is 0 Å². The largest absolute Gasteiger partial charge is 0.339 e. The van der Waals surface area contributed by atoms with E-state index in [9.17, 15) is 0 Å². The van der Waals surface area contributed by atoms with Crippen molar-refractivity contribution in [2.75, 3.05) is 17.3 Å². The van der Waals surface area contributed by atoms with E-state index in [1.165, 1.54) is 0 Å². The molecule has 0 bridgehead atoms. The van der Waals surface area contributed by atoms with Crippen LogP contribution in [0, 0.1) is 0 Å². The van der Waals surface area contributed by atoms with Gasteiger partial charge in [-0.1, -0.05) is 35.9 Å². The van der Waals surface area contributed by atoms with E-state index in [2.05, 4.69) is 20.5 Å². The third-order valence-electron chi connectivity index (χ3n) is 3.09. The molecule has 110 valence electrons. The van der Waals surface area contributed by atoms with Crippen LogP contribution >= 0.6 is 11.6 Å². The van der Waals surface area contributed by atoms with E-state index in [0.717, 1.165) is 11.4 Å². The van der Waals surface area contributed by atoms with E-state index >= 15 is 0 Å². The molecule has 6 heteroatoms. The Kier molecular flexibility index (Phi) is 4.16. The van der Waals surface area contributed by atoms with Crippen molar-refractivity contribution in [1.82, 2.24) is 15.2 Å². The third-order valence-corrected chi connectivity index (χ3v) is 3.32. The van der Waals surface area contributed by atoms with E-state index in [4.69, 9.17) is 11.6 Å². The predicted molar refractivity (Wildman–Crippen MR) is 89.1 cm³/mol. The van der Waals surface area contributed by atoms with Crippen molar-refractivity contribution in [2.45, 2.75) is 0 Å². The summed E-state index contributed by atoms with van der Waals surface area (Å²) in [7, 11) is 1.90. The topological polar surface area (TPSA) is 53.9 Å². The maximum absolute atomic E-state index is 5.98. The van der Waals surface area contributed by atoms with Crippen molar-refractivity contribution >= 4 is 34.7 Å². The fraction of sp³-hybridized carbons (Fsp3) is 0.0625. The molecule has 0 aliphatic heterocycles. The predicted octanol–water partition coefficient (Wildman–Crippen LogP) is 4.04. The van der Waals surface area contributed by atoms with Gasteiger partial charge in [0.15, 0.2) is 5.82 Å². The van der Waals surface area contributed by atoms with Gasteiger partial charge < -0.3 is 10.2 Å². The average molecular weight is 312 g/mol. The van der Waals surface area contributed by atoms with Crippen molar-refractivity contribution in [3.05, 3.63) is 65.8 Å². The van der Waals surface area contributed by atoms with Crippen molar-refractivity contribution in [3.63, 3.8) is 0 Å². The number of hydrogen-bond donors (Lipinski definition) is 1. The van der Waals surface area contributed by atoms with E-state index in [1.54, 1.807) is 6.20 Å². The molecule has 2 aromatic carbocycles. The van der Waals surface area contributed by atoms with Crippen molar-refractivity contribution in [1.29, 1.82) is 0 Å². The van der Waals surface area contributed by atoms with E-state index < -0.39 is 0 Å². The molecule has 0 saturated heterocycles. The molecule has 0 radical (unpaired) electrons. The van der Waals surface area contributed by atoms with Crippen LogP contribution in [0.15, 0.2) is 60.8 Å². The second-order valence-electron chi connectivity index (χ2n) is 4.67. The number of para-hydroxylation sites is 1. The minimum atomic E-state index is 0.512. The molecule has 5 nitrogen and oxygen atoms in total. The number of benzene rings is 2. The van der Waals surface area contributed by atoms with Gasteiger partial charge in [0, 0.05) is 23.4 Å². The smallest absolute Gasteiger partial charge is 0.251 e. The Morgan fingerprint density at radius 3 is 2.64 bits per heavy atom. The SMILES string of the molecule is CN(c1ccccc1)c1nncc(Nc2cccc(Cl)c2)n1. The summed E-state index contributed by atoms with van der Waals surface area (Å²) in [6.07, 6.45) is 1.57. The number of nitrogens with one attached hydrogen (secondary N) is 1. The molecular formula is C16H14ClN5. The number of hydrogen-bond acceptors (Lipinski definition) is 5. The number of nitrogens with zero attached hydrogens (tertiary/aromatic N) is 4. The molecule has 1 N–H and O–H groups in total. The number of anilines is 4. The average Bonchev–Trinajstić information content (AvgIpc) is 2.55. The van der Waals surface area contributed by atoms with Gasteiger partial charge in [0.1, 0.15) is 0 Å². The molecule has 0 amide bonds. The molecule has 3 rings (SSSR count). The molecule has 0 spiro atoms. The Morgan fingerprint density at radius 2 is 1.86 bits per heavy atom. The summed E-state index contributed by atoms with van der Waals surface area (Å²) < 4.78 is 0. The first-order valence-corrected chi connectivity index (χ1v) is 7.11. The van der Waals surface area contributed by atoms with E-state index in [0.29, 0.717) is 16.8 Å². The maximum Gasteiger partial charge on any atom is 0.251 e. The van der Waals surface area contributed by atoms with Gasteiger partial charge in [0.2, 0.25) is 0 Å². The monoisotopic (exact) mass is 311 g/mol. The lowest BCUT2D eigenvalue weighted by molar-refractivity contribution is 0.932. The van der Waals surface area contributed by atoms with Gasteiger partial charge in [-0.15, -0.1) is 5.10 Å². The fourth-order valence-corrected chi connectivity index (χ4v) is 2.17. The summed E-state index contributed by atoms with van der Waals surface area (Å²) in [4.78, 5) is 6.34. The number of aromatic nitrogens is 3. The van der Waals surface area contributed by atoms with Gasteiger partial charge in [-0.3, -0.25) is 0 Å². The highest BCUT2D eigenvalue weighted by molar-refractivity contribution is 6.30. The van der Waals surface area contributed by atoms with Crippen molar-refractivity contribution < 1.29 is 0 Å². The van der Waals surface area contributed by atoms with Crippen LogP contribution in [0.25, 0.3) is 0 Å². The molecule has 1 aromatic heterocycles. The van der Waals surface area contributed by atoms with Gasteiger partial charge in [0.25, 0.3) is 5.95 Å². The van der Waals surface area contributed by atoms with Crippen LogP contribution in [-0.4, -0.2) is 22.2 Å². The van der Waals surface area contributed by atoms with Crippen LogP contribution in [-0.2, 0) is 0 Å². The third kappa shape index (κ3) is 3.32. The van der Waals surface area contributed by atoms with E-state index in [-0.39, 0.29) is 0 Å². The molecule has 0 aliphatic rings. The first kappa shape index (κ1) is 14.3. The lowest BCUT2D eigenvalue weighted by atomic mass is 10.3. The highest BCUT2D eigenvalue weighted by Crippen LogP contribution is 2.22. The molecule has 0 atom stereocenters. The van der Waals surface area contributed by atoms with E-state index in [1.807, 2.05) is 66.5 Å². The molecule has 22 heavy (non-hydrogen) atoms. The zero-order valence-corrected chi connectivity index (χ0v) is 12.7. The molecule has 1 heterocycles. The van der Waals surface area contributed by atoms with Gasteiger partial charge in [0.05, 0.1) is 6.20 Å². The van der Waals surface area contributed by atoms with Crippen LogP contribution in [0.5, 0.6) is 0 Å². The van der Waals surface area contributed by atoms with Gasteiger partial charge in [-0.2, -0.15) is 10.1 Å². The Labute approximate surface area is 133 Å². The minimum Gasteiger partial charge on any atom is -0.339 e. The van der Waals surface area contributed by atoms with Gasteiger partial charge in [-0.25, -0.2) is 0 Å². The minimum absolute atomic E-state index is 0.512. The molecular weight excluding hydrogens is 298 g/mol. The van der Waals surface area contributed by atoms with Crippen LogP contribution in [0.1, 0.15) is 0 Å². The summed E-state index contributed by atoms with van der Waals surface area (Å²) in [5.74, 6) is 1.12. The molecule has 3 aromatic rings. The maximum atomic E-state index is 5.98. The zero-order chi connectivity index (χ0) is 15.4. The summed E-state index contributed by atoms with van der Waals surface area (Å²) >= 11 is 5.98. The highest BCUT2D eigenvalue weighted by atomic mass is 35.5. The fourth-order valence-electron chi connectivity index (χ4n) is 1.98. The normalized spacial score (nSPS) is 10.3. The zero-order valence-electron chi connectivity index (χ0n) is 11.9. The van der Waals surface area contributed by atoms with Crippen LogP contribution < -0.4 is 10.2 Å². The molecule has 0 unspecified atom stereocenters. The summed E-state index contributed by atoms with van der Waals surface area (Å²) in [5, 5.41) is 11.9. The van der Waals surface area contributed by atoms with Crippen molar-refractivity contribution in [2.24, 2.45) is 0 Å². The Balaban J connectivity index is 1.83. The summed E-state index contributed by atoms with van der Waals surface area (Å²) in [6, 6.07) is 17.3. The lowest BCUT2D eigenvalue weighted by Gasteiger charge is -2.17. The van der Waals surface area contributed by atoms with Crippen LogP contribution in [0.4, 0.5) is 23.1 Å². The molecule has 0 fully saturated rings. The lowest BCUT2D eigenvalue weighted by Crippen LogP contribution is -2.14.